The highest BCUT2D eigenvalue weighted by atomic mass is 16.5. The molecule has 0 aliphatic heterocycles. The molecule has 0 radical (unpaired) electrons. The average molecular weight is 143 g/mol. The van der Waals surface area contributed by atoms with Gasteiger partial charge >= 0.3 is 5.97 Å². The molecule has 1 aliphatic rings. The van der Waals surface area contributed by atoms with Crippen LogP contribution in [0.25, 0.3) is 0 Å². The molecule has 2 N–H and O–H groups in total. The highest BCUT2D eigenvalue weighted by Crippen LogP contribution is 2.19. The van der Waals surface area contributed by atoms with E-state index >= 15 is 0 Å². The molecule has 1 fully saturated rings. The predicted molar refractivity (Wildman–Crippen MR) is 37.4 cm³/mol. The maximum atomic E-state index is 10.5. The minimum Gasteiger partial charge on any atom is -0.461 e. The van der Waals surface area contributed by atoms with E-state index in [2.05, 4.69) is 0 Å². The van der Waals surface area contributed by atoms with Crippen molar-refractivity contribution in [3.63, 3.8) is 0 Å². The summed E-state index contributed by atoms with van der Waals surface area (Å²) in [5, 5.41) is 0. The number of nitrogens with two attached hydrogens (primary N) is 1. The summed E-state index contributed by atoms with van der Waals surface area (Å²) in [6, 6.07) is 0.0731. The van der Waals surface area contributed by atoms with Crippen molar-refractivity contribution in [3.8, 4) is 0 Å². The Morgan fingerprint density at radius 3 is 2.70 bits per heavy atom. The van der Waals surface area contributed by atoms with Crippen LogP contribution in [0, 0.1) is 0 Å². The van der Waals surface area contributed by atoms with E-state index in [-0.39, 0.29) is 18.1 Å². The van der Waals surface area contributed by atoms with E-state index in [1.54, 1.807) is 0 Å². The van der Waals surface area contributed by atoms with E-state index in [0.29, 0.717) is 0 Å². The molecule has 0 aromatic heterocycles. The fraction of sp³-hybridized carbons (Fsp3) is 0.857. The van der Waals surface area contributed by atoms with Gasteiger partial charge in [-0.15, -0.1) is 0 Å². The Bertz CT molecular complexity index is 136. The van der Waals surface area contributed by atoms with Crippen LogP contribution in [0.1, 0.15) is 26.2 Å². The quantitative estimate of drug-likeness (QED) is 0.541. The number of esters is 1. The van der Waals surface area contributed by atoms with Crippen LogP contribution in [0.5, 0.6) is 0 Å². The third-order valence-electron chi connectivity index (χ3n) is 1.82. The first-order chi connectivity index (χ1) is 4.70. The fourth-order valence-electron chi connectivity index (χ4n) is 1.31. The van der Waals surface area contributed by atoms with Crippen LogP contribution in [0.2, 0.25) is 0 Å². The van der Waals surface area contributed by atoms with Crippen molar-refractivity contribution in [3.05, 3.63) is 0 Å². The second-order valence-corrected chi connectivity index (χ2v) is 2.74. The Balaban J connectivity index is 2.33. The molecule has 0 aromatic rings. The van der Waals surface area contributed by atoms with Crippen LogP contribution in [0.3, 0.4) is 0 Å². The Labute approximate surface area is 60.5 Å². The third-order valence-corrected chi connectivity index (χ3v) is 1.82. The van der Waals surface area contributed by atoms with Gasteiger partial charge in [0.1, 0.15) is 6.10 Å². The topological polar surface area (TPSA) is 52.3 Å². The maximum absolute atomic E-state index is 10.5. The first kappa shape index (κ1) is 7.54. The smallest absolute Gasteiger partial charge is 0.302 e. The highest BCUT2D eigenvalue weighted by molar-refractivity contribution is 5.66. The van der Waals surface area contributed by atoms with Gasteiger partial charge in [-0.1, -0.05) is 0 Å². The molecule has 0 unspecified atom stereocenters. The van der Waals surface area contributed by atoms with Crippen LogP contribution >= 0.6 is 0 Å². The van der Waals surface area contributed by atoms with E-state index in [1.807, 2.05) is 0 Å². The van der Waals surface area contributed by atoms with E-state index in [4.69, 9.17) is 10.5 Å². The summed E-state index contributed by atoms with van der Waals surface area (Å²) in [6.07, 6.45) is 2.98. The Morgan fingerprint density at radius 1 is 1.60 bits per heavy atom. The maximum Gasteiger partial charge on any atom is 0.302 e. The Morgan fingerprint density at radius 2 is 2.30 bits per heavy atom. The van der Waals surface area contributed by atoms with Gasteiger partial charge in [0.15, 0.2) is 0 Å². The Kier molecular flexibility index (Phi) is 2.27. The fourth-order valence-corrected chi connectivity index (χ4v) is 1.31. The molecular weight excluding hydrogens is 130 g/mol. The molecule has 1 rings (SSSR count). The van der Waals surface area contributed by atoms with Crippen LogP contribution < -0.4 is 5.73 Å². The van der Waals surface area contributed by atoms with Crippen molar-refractivity contribution in [2.24, 2.45) is 5.73 Å². The average Bonchev–Trinajstić information content (AvgIpc) is 2.15. The molecule has 0 amide bonds. The second kappa shape index (κ2) is 3.01. The van der Waals surface area contributed by atoms with E-state index in [0.717, 1.165) is 19.3 Å². The lowest BCUT2D eigenvalue weighted by molar-refractivity contribution is -0.146. The van der Waals surface area contributed by atoms with E-state index in [1.165, 1.54) is 6.92 Å². The number of carbonyl (C=O) groups is 1. The molecule has 0 heterocycles. The normalized spacial score (nSPS) is 32.2. The predicted octanol–water partition coefficient (Wildman–Crippen LogP) is 0.429. The molecule has 0 saturated heterocycles. The number of rotatable bonds is 1. The van der Waals surface area contributed by atoms with Gasteiger partial charge in [0.2, 0.25) is 0 Å². The summed E-state index contributed by atoms with van der Waals surface area (Å²) < 4.78 is 4.96. The summed E-state index contributed by atoms with van der Waals surface area (Å²) in [5.74, 6) is -0.220. The largest absolute Gasteiger partial charge is 0.461 e. The van der Waals surface area contributed by atoms with Gasteiger partial charge in [-0.25, -0.2) is 0 Å². The monoisotopic (exact) mass is 143 g/mol. The lowest BCUT2D eigenvalue weighted by atomic mass is 10.2. The lowest BCUT2D eigenvalue weighted by Gasteiger charge is -2.14. The van der Waals surface area contributed by atoms with Gasteiger partial charge in [0.25, 0.3) is 0 Å². The molecular formula is C7H13NO2. The molecule has 1 aliphatic carbocycles. The van der Waals surface area contributed by atoms with Gasteiger partial charge < -0.3 is 10.5 Å². The zero-order valence-corrected chi connectivity index (χ0v) is 6.17. The summed E-state index contributed by atoms with van der Waals surface area (Å²) in [6.45, 7) is 1.42. The number of carbonyl (C=O) groups excluding carboxylic acids is 1. The van der Waals surface area contributed by atoms with Crippen molar-refractivity contribution < 1.29 is 9.53 Å². The molecule has 3 nitrogen and oxygen atoms in total. The van der Waals surface area contributed by atoms with Crippen LogP contribution in [0.15, 0.2) is 0 Å². The molecule has 0 spiro atoms. The first-order valence-corrected chi connectivity index (χ1v) is 3.63. The van der Waals surface area contributed by atoms with Gasteiger partial charge in [-0.3, -0.25) is 4.79 Å². The van der Waals surface area contributed by atoms with Crippen molar-refractivity contribution >= 4 is 5.97 Å². The summed E-state index contributed by atoms with van der Waals surface area (Å²) in [7, 11) is 0. The summed E-state index contributed by atoms with van der Waals surface area (Å²) >= 11 is 0. The van der Waals surface area contributed by atoms with E-state index in [9.17, 15) is 4.79 Å². The molecule has 1 saturated carbocycles. The number of ether oxygens (including phenoxy) is 1. The molecule has 0 aromatic carbocycles. The zero-order chi connectivity index (χ0) is 7.56. The van der Waals surface area contributed by atoms with Gasteiger partial charge in [0, 0.05) is 13.0 Å². The Hall–Kier alpha value is -0.570. The third kappa shape index (κ3) is 1.70. The van der Waals surface area contributed by atoms with Crippen LogP contribution in [0.4, 0.5) is 0 Å². The minimum atomic E-state index is -0.220. The van der Waals surface area contributed by atoms with Crippen molar-refractivity contribution in [1.82, 2.24) is 0 Å². The number of hydrogen-bond acceptors (Lipinski definition) is 3. The second-order valence-electron chi connectivity index (χ2n) is 2.74. The van der Waals surface area contributed by atoms with Crippen molar-refractivity contribution in [1.29, 1.82) is 0 Å². The van der Waals surface area contributed by atoms with E-state index < -0.39 is 0 Å². The number of hydrogen-bond donors (Lipinski definition) is 1. The molecule has 3 heteroatoms. The van der Waals surface area contributed by atoms with Crippen LogP contribution in [-0.4, -0.2) is 18.1 Å². The molecule has 0 bridgehead atoms. The standard InChI is InChI=1S/C7H13NO2/c1-5(9)10-7-4-2-3-6(7)8/h6-7H,2-4,8H2,1H3/t6-,7+/m0/s1. The zero-order valence-electron chi connectivity index (χ0n) is 6.17. The minimum absolute atomic E-state index is 0.0162. The highest BCUT2D eigenvalue weighted by Gasteiger charge is 2.25. The molecule has 10 heavy (non-hydrogen) atoms. The first-order valence-electron chi connectivity index (χ1n) is 3.63. The summed E-state index contributed by atoms with van der Waals surface area (Å²) in [4.78, 5) is 10.5. The van der Waals surface area contributed by atoms with Gasteiger partial charge in [0.05, 0.1) is 0 Å². The van der Waals surface area contributed by atoms with Crippen molar-refractivity contribution in [2.75, 3.05) is 0 Å². The lowest BCUT2D eigenvalue weighted by Crippen LogP contribution is -2.32. The van der Waals surface area contributed by atoms with Gasteiger partial charge in [-0.2, -0.15) is 0 Å². The molecule has 58 valence electrons. The molecule has 2 atom stereocenters. The van der Waals surface area contributed by atoms with Crippen molar-refractivity contribution in [2.45, 2.75) is 38.3 Å². The van der Waals surface area contributed by atoms with Gasteiger partial charge in [-0.05, 0) is 19.3 Å². The van der Waals surface area contributed by atoms with Crippen LogP contribution in [-0.2, 0) is 9.53 Å². The summed E-state index contributed by atoms with van der Waals surface area (Å²) in [5.41, 5.74) is 5.65. The SMILES string of the molecule is CC(=O)O[C@@H]1CCC[C@@H]1N.